The van der Waals surface area contributed by atoms with Crippen LogP contribution in [0.4, 0.5) is 0 Å². The van der Waals surface area contributed by atoms with Crippen molar-refractivity contribution in [1.29, 1.82) is 0 Å². The number of carbonyl (C=O) groups excluding carboxylic acids is 1. The van der Waals surface area contributed by atoms with E-state index >= 15 is 0 Å². The molecule has 7 rings (SSSR count). The van der Waals surface area contributed by atoms with E-state index in [1.807, 2.05) is 30.3 Å². The molecule has 2 spiro atoms. The average molecular weight is 566 g/mol. The number of benzene rings is 1. The lowest BCUT2D eigenvalue weighted by Crippen LogP contribution is -2.59. The van der Waals surface area contributed by atoms with Gasteiger partial charge in [0.2, 0.25) is 0 Å². The molecule has 5 saturated carbocycles. The summed E-state index contributed by atoms with van der Waals surface area (Å²) in [7, 11) is 0. The molecule has 1 heterocycles. The molecule has 5 aliphatic carbocycles. The van der Waals surface area contributed by atoms with Gasteiger partial charge in [0.15, 0.2) is 6.10 Å². The van der Waals surface area contributed by atoms with Crippen LogP contribution in [-0.2, 0) is 16.1 Å². The standard InChI is InChI=1S/C35H51NO5/c1-20-17-22(27(38)30(40)36-18-21-9-7-6-8-10-21)41-28-26(20)32(4)15-16-35-19-34(35)14-13-25(37)31(2,3)23(34)11-12-24(35)33(32,5)29(28)39/h6-10,20,22-29,37-39H,11-19H2,1-5H3,(H,36,40)/t20-,22?,23+,24?,25+,26+,27+,28?,29+,32?,33-,34?,35?/m1/s1. The molecule has 13 atom stereocenters. The molecule has 0 radical (unpaired) electrons. The molecule has 226 valence electrons. The van der Waals surface area contributed by atoms with Crippen LogP contribution in [0.25, 0.3) is 0 Å². The van der Waals surface area contributed by atoms with Gasteiger partial charge in [-0.25, -0.2) is 0 Å². The fourth-order valence-electron chi connectivity index (χ4n) is 12.6. The normalized spacial score (nSPS) is 51.7. The van der Waals surface area contributed by atoms with Crippen LogP contribution in [0.15, 0.2) is 30.3 Å². The van der Waals surface area contributed by atoms with E-state index in [1.165, 1.54) is 12.8 Å². The van der Waals surface area contributed by atoms with Gasteiger partial charge in [-0.2, -0.15) is 0 Å². The first-order chi connectivity index (χ1) is 19.3. The first kappa shape index (κ1) is 28.3. The number of rotatable bonds is 4. The lowest BCUT2D eigenvalue weighted by molar-refractivity contribution is -0.184. The maximum absolute atomic E-state index is 13.0. The highest BCUT2D eigenvalue weighted by Gasteiger charge is 2.84. The molecule has 1 aliphatic heterocycles. The minimum atomic E-state index is -1.26. The second-order valence-corrected chi connectivity index (χ2v) is 16.2. The summed E-state index contributed by atoms with van der Waals surface area (Å²) in [6.45, 7) is 12.0. The molecule has 41 heavy (non-hydrogen) atoms. The van der Waals surface area contributed by atoms with Crippen LogP contribution in [-0.4, -0.2) is 51.7 Å². The van der Waals surface area contributed by atoms with Crippen molar-refractivity contribution in [2.45, 2.75) is 123 Å². The molecule has 1 amide bonds. The molecule has 0 aromatic heterocycles. The van der Waals surface area contributed by atoms with Crippen molar-refractivity contribution in [2.24, 2.45) is 50.7 Å². The van der Waals surface area contributed by atoms with E-state index in [4.69, 9.17) is 4.74 Å². The van der Waals surface area contributed by atoms with Gasteiger partial charge in [-0.3, -0.25) is 4.79 Å². The van der Waals surface area contributed by atoms with Crippen LogP contribution < -0.4 is 5.32 Å². The van der Waals surface area contributed by atoms with Gasteiger partial charge in [-0.15, -0.1) is 0 Å². The molecule has 6 aliphatic rings. The summed E-state index contributed by atoms with van der Waals surface area (Å²) in [5, 5.41) is 37.3. The molecular formula is C35H51NO5. The van der Waals surface area contributed by atoms with Gasteiger partial charge < -0.3 is 25.4 Å². The Morgan fingerprint density at radius 3 is 2.41 bits per heavy atom. The zero-order valence-corrected chi connectivity index (χ0v) is 25.6. The number of amides is 1. The van der Waals surface area contributed by atoms with Crippen LogP contribution in [0.2, 0.25) is 0 Å². The Balaban J connectivity index is 1.13. The summed E-state index contributed by atoms with van der Waals surface area (Å²) in [5.41, 5.74) is 1.16. The molecule has 6 fully saturated rings. The molecule has 4 N–H and O–H groups in total. The largest absolute Gasteiger partial charge is 0.393 e. The van der Waals surface area contributed by atoms with Crippen molar-refractivity contribution < 1.29 is 24.9 Å². The predicted molar refractivity (Wildman–Crippen MR) is 156 cm³/mol. The van der Waals surface area contributed by atoms with E-state index in [-0.39, 0.29) is 45.7 Å². The first-order valence-electron chi connectivity index (χ1n) is 16.3. The Labute approximate surface area is 245 Å². The Hall–Kier alpha value is -1.47. The Morgan fingerprint density at radius 1 is 1.00 bits per heavy atom. The number of carbonyl (C=O) groups is 1. The monoisotopic (exact) mass is 565 g/mol. The number of ether oxygens (including phenoxy) is 1. The minimum absolute atomic E-state index is 0.0568. The molecule has 1 aromatic carbocycles. The summed E-state index contributed by atoms with van der Waals surface area (Å²) in [4.78, 5) is 13.0. The Morgan fingerprint density at radius 2 is 1.68 bits per heavy atom. The van der Waals surface area contributed by atoms with E-state index in [9.17, 15) is 20.1 Å². The highest BCUT2D eigenvalue weighted by molar-refractivity contribution is 5.81. The lowest BCUT2D eigenvalue weighted by Gasteiger charge is -2.63. The highest BCUT2D eigenvalue weighted by Crippen LogP contribution is 2.89. The lowest BCUT2D eigenvalue weighted by atomic mass is 9.41. The summed E-state index contributed by atoms with van der Waals surface area (Å²) >= 11 is 0. The van der Waals surface area contributed by atoms with Crippen LogP contribution in [0, 0.1) is 50.7 Å². The quantitative estimate of drug-likeness (QED) is 0.419. The van der Waals surface area contributed by atoms with Gasteiger partial charge in [0.05, 0.1) is 24.4 Å². The number of fused-ring (bicyclic) bond motifs is 4. The van der Waals surface area contributed by atoms with Crippen LogP contribution in [0.3, 0.4) is 0 Å². The molecular weight excluding hydrogens is 514 g/mol. The third-order valence-corrected chi connectivity index (χ3v) is 14.7. The Bertz CT molecular complexity index is 1200. The van der Waals surface area contributed by atoms with Crippen molar-refractivity contribution in [3.05, 3.63) is 35.9 Å². The van der Waals surface area contributed by atoms with E-state index in [1.54, 1.807) is 0 Å². The summed E-state index contributed by atoms with van der Waals surface area (Å²) in [6.07, 6.45) is 5.31. The minimum Gasteiger partial charge on any atom is -0.393 e. The van der Waals surface area contributed by atoms with E-state index in [0.717, 1.165) is 37.7 Å². The van der Waals surface area contributed by atoms with Gasteiger partial charge in [-0.05, 0) is 102 Å². The summed E-state index contributed by atoms with van der Waals surface area (Å²) in [5.74, 6) is 1.01. The van der Waals surface area contributed by atoms with E-state index in [2.05, 4.69) is 39.9 Å². The number of hydrogen-bond donors (Lipinski definition) is 4. The van der Waals surface area contributed by atoms with Crippen molar-refractivity contribution in [1.82, 2.24) is 5.32 Å². The third-order valence-electron chi connectivity index (χ3n) is 14.7. The molecule has 1 saturated heterocycles. The summed E-state index contributed by atoms with van der Waals surface area (Å²) < 4.78 is 6.63. The SMILES string of the molecule is C[C@@H]1CC([C@H](O)C(=O)NCc2ccccc2)OC2[C@H]1C1(C)CCC34CC35CC[C@H](O)C(C)(C)[C@@H]5CCC4[C@]1(C)[C@H]2O. The second-order valence-electron chi connectivity index (χ2n) is 16.2. The maximum atomic E-state index is 13.0. The highest BCUT2D eigenvalue weighted by atomic mass is 16.5. The number of aliphatic hydroxyl groups excluding tert-OH is 3. The molecule has 6 unspecified atom stereocenters. The van der Waals surface area contributed by atoms with Crippen molar-refractivity contribution in [3.63, 3.8) is 0 Å². The van der Waals surface area contributed by atoms with Crippen molar-refractivity contribution in [2.75, 3.05) is 0 Å². The van der Waals surface area contributed by atoms with Crippen LogP contribution in [0.5, 0.6) is 0 Å². The smallest absolute Gasteiger partial charge is 0.251 e. The summed E-state index contributed by atoms with van der Waals surface area (Å²) in [6, 6.07) is 9.72. The van der Waals surface area contributed by atoms with Crippen molar-refractivity contribution in [3.8, 4) is 0 Å². The topological polar surface area (TPSA) is 99.0 Å². The van der Waals surface area contributed by atoms with Gasteiger partial charge in [0.1, 0.15) is 0 Å². The fourth-order valence-corrected chi connectivity index (χ4v) is 12.6. The number of aliphatic hydroxyl groups is 3. The zero-order valence-electron chi connectivity index (χ0n) is 25.6. The molecule has 1 aromatic rings. The van der Waals surface area contributed by atoms with Gasteiger partial charge in [0, 0.05) is 12.0 Å². The molecule has 6 heteroatoms. The predicted octanol–water partition coefficient (Wildman–Crippen LogP) is 4.84. The number of nitrogens with one attached hydrogen (secondary N) is 1. The van der Waals surface area contributed by atoms with Gasteiger partial charge >= 0.3 is 0 Å². The maximum Gasteiger partial charge on any atom is 0.251 e. The molecule has 6 nitrogen and oxygen atoms in total. The number of hydrogen-bond acceptors (Lipinski definition) is 5. The van der Waals surface area contributed by atoms with E-state index in [0.29, 0.717) is 30.2 Å². The fraction of sp³-hybridized carbons (Fsp3) is 0.800. The first-order valence-corrected chi connectivity index (χ1v) is 16.3. The molecule has 0 bridgehead atoms. The average Bonchev–Trinajstić information content (AvgIpc) is 3.59. The second kappa shape index (κ2) is 9.03. The third kappa shape index (κ3) is 3.48. The zero-order chi connectivity index (χ0) is 29.2. The van der Waals surface area contributed by atoms with Crippen LogP contribution >= 0.6 is 0 Å². The Kier molecular flexibility index (Phi) is 6.23. The van der Waals surface area contributed by atoms with Crippen LogP contribution in [0.1, 0.15) is 91.5 Å². The van der Waals surface area contributed by atoms with Gasteiger partial charge in [0.25, 0.3) is 5.91 Å². The van der Waals surface area contributed by atoms with Gasteiger partial charge in [-0.1, -0.05) is 65.0 Å². The van der Waals surface area contributed by atoms with E-state index < -0.39 is 24.2 Å². The van der Waals surface area contributed by atoms with Crippen molar-refractivity contribution >= 4 is 5.91 Å².